The Morgan fingerprint density at radius 3 is 2.33 bits per heavy atom. The molecule has 0 aliphatic heterocycles. The van der Waals surface area contributed by atoms with Crippen molar-refractivity contribution in [1.82, 2.24) is 4.90 Å². The summed E-state index contributed by atoms with van der Waals surface area (Å²) in [5.74, 6) is -2.57. The molecule has 7 nitrogen and oxygen atoms in total. The van der Waals surface area contributed by atoms with Crippen LogP contribution in [0.15, 0.2) is 0 Å². The summed E-state index contributed by atoms with van der Waals surface area (Å²) in [6.07, 6.45) is -1.37. The van der Waals surface area contributed by atoms with E-state index in [1.54, 1.807) is 6.92 Å². The highest BCUT2D eigenvalue weighted by Crippen LogP contribution is 2.13. The van der Waals surface area contributed by atoms with Crippen molar-refractivity contribution in [2.75, 3.05) is 19.4 Å². The molecule has 0 aliphatic carbocycles. The van der Waals surface area contributed by atoms with E-state index in [2.05, 4.69) is 4.74 Å². The smallest absolute Gasteiger partial charge is 0.413 e. The Balaban J connectivity index is 4.22. The molecule has 1 unspecified atom stereocenters. The molecule has 0 radical (unpaired) electrons. The van der Waals surface area contributed by atoms with E-state index in [4.69, 9.17) is 5.11 Å². The van der Waals surface area contributed by atoms with E-state index in [9.17, 15) is 19.2 Å². The third-order valence-corrected chi connectivity index (χ3v) is 3.06. The third kappa shape index (κ3) is 5.17. The lowest BCUT2D eigenvalue weighted by atomic mass is 10.4. The number of ketones is 1. The second-order valence-corrected chi connectivity index (χ2v) is 4.61. The van der Waals surface area contributed by atoms with Gasteiger partial charge in [0.1, 0.15) is 0 Å². The highest BCUT2D eigenvalue weighted by atomic mass is 32.2. The molecule has 0 saturated carbocycles. The SMILES string of the molecule is CCOC(=O)C(=O)CSC(C)C(=O)N(C)C(=O)O. The Kier molecular flexibility index (Phi) is 7.03. The predicted octanol–water partition coefficient (Wildman–Crippen LogP) is 0.377. The third-order valence-electron chi connectivity index (χ3n) is 1.93. The van der Waals surface area contributed by atoms with Crippen LogP contribution in [0.4, 0.5) is 4.79 Å². The van der Waals surface area contributed by atoms with Crippen molar-refractivity contribution >= 4 is 35.5 Å². The zero-order valence-corrected chi connectivity index (χ0v) is 11.2. The van der Waals surface area contributed by atoms with Crippen LogP contribution in [0.2, 0.25) is 0 Å². The van der Waals surface area contributed by atoms with Crippen molar-refractivity contribution in [2.24, 2.45) is 0 Å². The maximum Gasteiger partial charge on any atom is 0.413 e. The number of carboxylic acid groups (broad SMARTS) is 1. The van der Waals surface area contributed by atoms with E-state index in [-0.39, 0.29) is 12.4 Å². The van der Waals surface area contributed by atoms with Crippen LogP contribution >= 0.6 is 11.8 Å². The van der Waals surface area contributed by atoms with Crippen molar-refractivity contribution in [3.8, 4) is 0 Å². The van der Waals surface area contributed by atoms with Gasteiger partial charge in [0.05, 0.1) is 17.6 Å². The number of carbonyl (C=O) groups excluding carboxylic acids is 3. The molecule has 0 heterocycles. The minimum Gasteiger partial charge on any atom is -0.465 e. The zero-order chi connectivity index (χ0) is 14.3. The highest BCUT2D eigenvalue weighted by Gasteiger charge is 2.24. The topological polar surface area (TPSA) is 101 Å². The highest BCUT2D eigenvalue weighted by molar-refractivity contribution is 8.01. The predicted molar refractivity (Wildman–Crippen MR) is 64.4 cm³/mol. The van der Waals surface area contributed by atoms with Gasteiger partial charge in [0.25, 0.3) is 0 Å². The Morgan fingerprint density at radius 1 is 1.33 bits per heavy atom. The van der Waals surface area contributed by atoms with Crippen LogP contribution < -0.4 is 0 Å². The number of nitrogens with zero attached hydrogens (tertiary/aromatic N) is 1. The normalized spacial score (nSPS) is 11.5. The number of carbonyl (C=O) groups is 4. The minimum atomic E-state index is -1.37. The fourth-order valence-electron chi connectivity index (χ4n) is 0.909. The van der Waals surface area contributed by atoms with Crippen LogP contribution in [0, 0.1) is 0 Å². The number of ether oxygens (including phenoxy) is 1. The van der Waals surface area contributed by atoms with Gasteiger partial charge in [-0.25, -0.2) is 14.5 Å². The van der Waals surface area contributed by atoms with Gasteiger partial charge in [-0.1, -0.05) is 0 Å². The molecule has 2 amide bonds. The first-order chi connectivity index (χ1) is 8.31. The van der Waals surface area contributed by atoms with Gasteiger partial charge in [-0.3, -0.25) is 9.59 Å². The molecule has 18 heavy (non-hydrogen) atoms. The molecule has 0 bridgehead atoms. The van der Waals surface area contributed by atoms with Crippen LogP contribution in [0.25, 0.3) is 0 Å². The number of Topliss-reactive ketones (excluding diaryl/α,β-unsaturated/α-hetero) is 1. The Bertz CT molecular complexity index is 356. The van der Waals surface area contributed by atoms with Gasteiger partial charge >= 0.3 is 12.1 Å². The summed E-state index contributed by atoms with van der Waals surface area (Å²) in [5, 5.41) is 7.86. The van der Waals surface area contributed by atoms with Gasteiger partial charge in [-0.15, -0.1) is 11.8 Å². The van der Waals surface area contributed by atoms with E-state index in [0.29, 0.717) is 4.90 Å². The molecule has 102 valence electrons. The molecule has 1 atom stereocenters. The van der Waals surface area contributed by atoms with Gasteiger partial charge in [0.15, 0.2) is 0 Å². The average Bonchev–Trinajstić information content (AvgIpc) is 2.33. The van der Waals surface area contributed by atoms with Gasteiger partial charge in [-0.05, 0) is 13.8 Å². The Hall–Kier alpha value is -1.57. The Labute approximate surface area is 108 Å². The number of rotatable bonds is 6. The molecule has 8 heteroatoms. The molecule has 0 aromatic rings. The number of imide groups is 1. The summed E-state index contributed by atoms with van der Waals surface area (Å²) in [5.41, 5.74) is 0. The summed E-state index contributed by atoms with van der Waals surface area (Å²) in [6.45, 7) is 3.14. The van der Waals surface area contributed by atoms with Crippen molar-refractivity contribution in [2.45, 2.75) is 19.1 Å². The van der Waals surface area contributed by atoms with Crippen LogP contribution in [-0.4, -0.2) is 58.4 Å². The van der Waals surface area contributed by atoms with E-state index >= 15 is 0 Å². The van der Waals surface area contributed by atoms with Crippen molar-refractivity contribution in [3.05, 3.63) is 0 Å². The minimum absolute atomic E-state index is 0.103. The molecular weight excluding hydrogens is 262 g/mol. The summed E-state index contributed by atoms with van der Waals surface area (Å²) in [6, 6.07) is 0. The number of thioether (sulfide) groups is 1. The van der Waals surface area contributed by atoms with Crippen molar-refractivity contribution < 1.29 is 29.0 Å². The lowest BCUT2D eigenvalue weighted by Gasteiger charge is -2.15. The fraction of sp³-hybridized carbons (Fsp3) is 0.600. The van der Waals surface area contributed by atoms with E-state index < -0.39 is 29.0 Å². The van der Waals surface area contributed by atoms with E-state index in [1.807, 2.05) is 0 Å². The summed E-state index contributed by atoms with van der Waals surface area (Å²) in [4.78, 5) is 44.8. The molecule has 0 saturated heterocycles. The maximum absolute atomic E-state index is 11.5. The summed E-state index contributed by atoms with van der Waals surface area (Å²) < 4.78 is 4.49. The number of amides is 2. The second-order valence-electron chi connectivity index (χ2n) is 3.28. The van der Waals surface area contributed by atoms with Crippen LogP contribution in [0.1, 0.15) is 13.8 Å². The summed E-state index contributed by atoms with van der Waals surface area (Å²) in [7, 11) is 1.12. The number of hydrogen-bond acceptors (Lipinski definition) is 6. The Morgan fingerprint density at radius 2 is 1.89 bits per heavy atom. The maximum atomic E-state index is 11.5. The van der Waals surface area contributed by atoms with Gasteiger partial charge in [-0.2, -0.15) is 0 Å². The van der Waals surface area contributed by atoms with Crippen molar-refractivity contribution in [3.63, 3.8) is 0 Å². The molecule has 0 spiro atoms. The van der Waals surface area contributed by atoms with Gasteiger partial charge < -0.3 is 9.84 Å². The largest absolute Gasteiger partial charge is 0.465 e. The average molecular weight is 277 g/mol. The molecule has 0 aromatic heterocycles. The van der Waals surface area contributed by atoms with Crippen LogP contribution in [0.5, 0.6) is 0 Å². The van der Waals surface area contributed by atoms with Gasteiger partial charge in [0, 0.05) is 7.05 Å². The standard InChI is InChI=1S/C10H15NO6S/c1-4-17-9(14)7(12)5-18-6(2)8(13)11(3)10(15)16/h6H,4-5H2,1-3H3,(H,15,16). The molecule has 1 N–H and O–H groups in total. The van der Waals surface area contributed by atoms with E-state index in [0.717, 1.165) is 18.8 Å². The quantitative estimate of drug-likeness (QED) is 0.553. The fourth-order valence-corrected chi connectivity index (χ4v) is 1.73. The molecule has 0 aromatic carbocycles. The molecule has 0 aliphatic rings. The molecule has 0 rings (SSSR count). The van der Waals surface area contributed by atoms with Gasteiger partial charge in [0.2, 0.25) is 11.7 Å². The number of esters is 1. The molecule has 0 fully saturated rings. The first-order valence-electron chi connectivity index (χ1n) is 5.13. The van der Waals surface area contributed by atoms with Crippen molar-refractivity contribution in [1.29, 1.82) is 0 Å². The first-order valence-corrected chi connectivity index (χ1v) is 6.18. The lowest BCUT2D eigenvalue weighted by molar-refractivity contribution is -0.152. The number of hydrogen-bond donors (Lipinski definition) is 1. The van der Waals surface area contributed by atoms with Crippen LogP contribution in [-0.2, 0) is 19.1 Å². The monoisotopic (exact) mass is 277 g/mol. The van der Waals surface area contributed by atoms with E-state index in [1.165, 1.54) is 6.92 Å². The van der Waals surface area contributed by atoms with Crippen LogP contribution in [0.3, 0.4) is 0 Å². The first kappa shape index (κ1) is 16.4. The zero-order valence-electron chi connectivity index (χ0n) is 10.3. The molecular formula is C10H15NO6S. The summed E-state index contributed by atoms with van der Waals surface area (Å²) >= 11 is 0.888. The second kappa shape index (κ2) is 7.70. The lowest BCUT2D eigenvalue weighted by Crippen LogP contribution is -2.37.